The Kier molecular flexibility index (Phi) is 3.10. The number of nitrogen functional groups attached to an aromatic ring is 1. The second kappa shape index (κ2) is 4.82. The highest BCUT2D eigenvalue weighted by molar-refractivity contribution is 7.16. The first-order valence-corrected chi connectivity index (χ1v) is 6.97. The van der Waals surface area contributed by atoms with Crippen molar-refractivity contribution >= 4 is 33.8 Å². The summed E-state index contributed by atoms with van der Waals surface area (Å²) in [5, 5.41) is 10.5. The maximum absolute atomic E-state index is 14.0. The van der Waals surface area contributed by atoms with Gasteiger partial charge in [0.2, 0.25) is 0 Å². The maximum atomic E-state index is 14.0. The number of anilines is 1. The lowest BCUT2D eigenvalue weighted by Crippen LogP contribution is -1.93. The lowest BCUT2D eigenvalue weighted by atomic mass is 10.0. The van der Waals surface area contributed by atoms with Gasteiger partial charge in [0.1, 0.15) is 15.7 Å². The number of rotatable bonds is 2. The average Bonchev–Trinajstić information content (AvgIpc) is 2.92. The summed E-state index contributed by atoms with van der Waals surface area (Å²) in [7, 11) is 0. The molecule has 0 saturated carbocycles. The molecule has 3 aromatic rings. The number of carboxylic acid groups (broad SMARTS) is 1. The number of thiazole rings is 1. The number of hydrogen-bond acceptors (Lipinski definition) is 4. The van der Waals surface area contributed by atoms with E-state index in [1.807, 2.05) is 6.92 Å². The first-order valence-electron chi connectivity index (χ1n) is 6.15. The van der Waals surface area contributed by atoms with E-state index >= 15 is 0 Å². The van der Waals surface area contributed by atoms with Crippen molar-refractivity contribution < 1.29 is 14.3 Å². The normalized spacial score (nSPS) is 11.0. The van der Waals surface area contributed by atoms with E-state index in [1.165, 1.54) is 12.3 Å². The molecule has 0 aliphatic carbocycles. The second-order valence-corrected chi connectivity index (χ2v) is 5.72. The second-order valence-electron chi connectivity index (χ2n) is 4.69. The molecule has 0 saturated heterocycles. The molecule has 6 heteroatoms. The van der Waals surface area contributed by atoms with Crippen molar-refractivity contribution in [3.05, 3.63) is 46.7 Å². The van der Waals surface area contributed by atoms with Crippen LogP contribution in [0.15, 0.2) is 30.5 Å². The van der Waals surface area contributed by atoms with Crippen molar-refractivity contribution in [1.82, 2.24) is 4.98 Å². The molecular weight excluding hydrogens is 291 g/mol. The number of aromatic nitrogens is 1. The van der Waals surface area contributed by atoms with E-state index in [1.54, 1.807) is 18.2 Å². The van der Waals surface area contributed by atoms with E-state index < -0.39 is 5.97 Å². The molecular formula is C15H11FN2O2S. The van der Waals surface area contributed by atoms with Gasteiger partial charge in [-0.1, -0.05) is 6.07 Å². The van der Waals surface area contributed by atoms with Crippen LogP contribution in [0.25, 0.3) is 21.3 Å². The van der Waals surface area contributed by atoms with Crippen LogP contribution in [0.5, 0.6) is 0 Å². The van der Waals surface area contributed by atoms with Crippen LogP contribution in [0.4, 0.5) is 10.1 Å². The van der Waals surface area contributed by atoms with Gasteiger partial charge in [0.25, 0.3) is 0 Å². The van der Waals surface area contributed by atoms with Gasteiger partial charge in [-0.25, -0.2) is 14.2 Å². The number of carbonyl (C=O) groups is 1. The Morgan fingerprint density at radius 2 is 2.14 bits per heavy atom. The minimum absolute atomic E-state index is 0.133. The van der Waals surface area contributed by atoms with Gasteiger partial charge in [-0.3, -0.25) is 0 Å². The van der Waals surface area contributed by atoms with Crippen molar-refractivity contribution in [2.75, 3.05) is 5.73 Å². The Hall–Kier alpha value is -2.47. The van der Waals surface area contributed by atoms with E-state index in [0.717, 1.165) is 16.9 Å². The molecule has 0 radical (unpaired) electrons. The highest BCUT2D eigenvalue weighted by Gasteiger charge is 2.14. The number of aromatic carboxylic acids is 1. The van der Waals surface area contributed by atoms with Gasteiger partial charge in [0.15, 0.2) is 0 Å². The van der Waals surface area contributed by atoms with Crippen LogP contribution in [-0.2, 0) is 0 Å². The lowest BCUT2D eigenvalue weighted by molar-refractivity contribution is 0.0702. The maximum Gasteiger partial charge on any atom is 0.347 e. The molecule has 0 spiro atoms. The Morgan fingerprint density at radius 1 is 1.38 bits per heavy atom. The van der Waals surface area contributed by atoms with Gasteiger partial charge < -0.3 is 10.8 Å². The number of halogens is 1. The summed E-state index contributed by atoms with van der Waals surface area (Å²) in [5.74, 6) is -1.39. The van der Waals surface area contributed by atoms with Gasteiger partial charge in [0.05, 0.1) is 6.20 Å². The summed E-state index contributed by atoms with van der Waals surface area (Å²) < 4.78 is 14.0. The van der Waals surface area contributed by atoms with Crippen LogP contribution in [0.2, 0.25) is 0 Å². The molecule has 1 aromatic heterocycles. The fraction of sp³-hybridized carbons (Fsp3) is 0.0667. The molecule has 2 aromatic carbocycles. The van der Waals surface area contributed by atoms with Crippen LogP contribution in [0.3, 0.4) is 0 Å². The Labute approximate surface area is 123 Å². The van der Waals surface area contributed by atoms with Gasteiger partial charge >= 0.3 is 5.97 Å². The molecule has 21 heavy (non-hydrogen) atoms. The first kappa shape index (κ1) is 13.5. The van der Waals surface area contributed by atoms with Crippen LogP contribution in [0.1, 0.15) is 15.2 Å². The molecule has 0 aliphatic heterocycles. The number of nitrogens with zero attached hydrogens (tertiary/aromatic N) is 1. The fourth-order valence-corrected chi connectivity index (χ4v) is 3.04. The van der Waals surface area contributed by atoms with E-state index in [9.17, 15) is 9.18 Å². The summed E-state index contributed by atoms with van der Waals surface area (Å²) in [5.41, 5.74) is 7.98. The predicted octanol–water partition coefficient (Wildman–Crippen LogP) is 3.69. The van der Waals surface area contributed by atoms with Crippen molar-refractivity contribution in [3.63, 3.8) is 0 Å². The lowest BCUT2D eigenvalue weighted by Gasteiger charge is -2.09. The third kappa shape index (κ3) is 2.23. The third-order valence-electron chi connectivity index (χ3n) is 3.26. The number of carboxylic acids is 1. The number of benzene rings is 2. The van der Waals surface area contributed by atoms with E-state index in [-0.39, 0.29) is 10.7 Å². The summed E-state index contributed by atoms with van der Waals surface area (Å²) >= 11 is 1.03. The molecule has 0 atom stereocenters. The van der Waals surface area contributed by atoms with Crippen molar-refractivity contribution in [2.45, 2.75) is 6.92 Å². The molecule has 0 unspecified atom stereocenters. The van der Waals surface area contributed by atoms with Gasteiger partial charge in [-0.2, -0.15) is 0 Å². The largest absolute Gasteiger partial charge is 0.477 e. The highest BCUT2D eigenvalue weighted by Crippen LogP contribution is 2.34. The molecule has 106 valence electrons. The zero-order chi connectivity index (χ0) is 15.1. The average molecular weight is 302 g/mol. The summed E-state index contributed by atoms with van der Waals surface area (Å²) in [6.07, 6.45) is 1.29. The monoisotopic (exact) mass is 302 g/mol. The third-order valence-corrected chi connectivity index (χ3v) is 4.30. The van der Waals surface area contributed by atoms with E-state index in [4.69, 9.17) is 10.8 Å². The first-order chi connectivity index (χ1) is 9.97. The SMILES string of the molecule is Cc1ccc(F)c2cc(-c3ncc(C(=O)O)s3)cc(N)c12. The molecule has 3 rings (SSSR count). The standard InChI is InChI=1S/C15H11FN2O2S/c1-7-2-3-10(16)9-4-8(5-11(17)13(7)9)14-18-6-12(21-14)15(19)20/h2-6H,17H2,1H3,(H,19,20). The van der Waals surface area contributed by atoms with E-state index in [2.05, 4.69) is 4.98 Å². The van der Waals surface area contributed by atoms with Gasteiger partial charge in [-0.05, 0) is 30.7 Å². The summed E-state index contributed by atoms with van der Waals surface area (Å²) in [6, 6.07) is 6.42. The fourth-order valence-electron chi connectivity index (χ4n) is 2.29. The summed E-state index contributed by atoms with van der Waals surface area (Å²) in [4.78, 5) is 15.1. The zero-order valence-corrected chi connectivity index (χ0v) is 11.9. The Morgan fingerprint density at radius 3 is 2.81 bits per heavy atom. The Bertz CT molecular complexity index is 873. The molecule has 1 heterocycles. The van der Waals surface area contributed by atoms with Crippen molar-refractivity contribution in [1.29, 1.82) is 0 Å². The van der Waals surface area contributed by atoms with E-state index in [0.29, 0.717) is 27.0 Å². The number of nitrogens with two attached hydrogens (primary N) is 1. The van der Waals surface area contributed by atoms with Crippen molar-refractivity contribution in [2.24, 2.45) is 0 Å². The van der Waals surface area contributed by atoms with Gasteiger partial charge in [-0.15, -0.1) is 11.3 Å². The molecule has 4 nitrogen and oxygen atoms in total. The van der Waals surface area contributed by atoms with Crippen LogP contribution in [-0.4, -0.2) is 16.1 Å². The number of aryl methyl sites for hydroxylation is 1. The Balaban J connectivity index is 2.24. The van der Waals surface area contributed by atoms with Crippen LogP contribution >= 0.6 is 11.3 Å². The minimum Gasteiger partial charge on any atom is -0.477 e. The molecule has 0 bridgehead atoms. The van der Waals surface area contributed by atoms with Crippen LogP contribution in [0, 0.1) is 12.7 Å². The molecule has 0 amide bonds. The smallest absolute Gasteiger partial charge is 0.347 e. The highest BCUT2D eigenvalue weighted by atomic mass is 32.1. The quantitative estimate of drug-likeness (QED) is 0.708. The predicted molar refractivity (Wildman–Crippen MR) is 81.1 cm³/mol. The molecule has 0 aliphatic rings. The van der Waals surface area contributed by atoms with Crippen molar-refractivity contribution in [3.8, 4) is 10.6 Å². The summed E-state index contributed by atoms with van der Waals surface area (Å²) in [6.45, 7) is 1.86. The minimum atomic E-state index is -1.03. The zero-order valence-electron chi connectivity index (χ0n) is 11.1. The molecule has 0 fully saturated rings. The van der Waals surface area contributed by atoms with Gasteiger partial charge in [0, 0.05) is 22.0 Å². The number of hydrogen-bond donors (Lipinski definition) is 2. The van der Waals surface area contributed by atoms with Crippen LogP contribution < -0.4 is 5.73 Å². The number of fused-ring (bicyclic) bond motifs is 1. The molecule has 3 N–H and O–H groups in total. The topological polar surface area (TPSA) is 76.2 Å².